The fourth-order valence-electron chi connectivity index (χ4n) is 3.03. The van der Waals surface area contributed by atoms with Gasteiger partial charge in [-0.1, -0.05) is 34.1 Å². The molecule has 0 aromatic heterocycles. The van der Waals surface area contributed by atoms with Gasteiger partial charge in [-0.25, -0.2) is 0 Å². The first-order chi connectivity index (χ1) is 9.74. The van der Waals surface area contributed by atoms with Crippen LogP contribution in [0.15, 0.2) is 40.9 Å². The molecule has 0 bridgehead atoms. The molecular weight excluding hydrogens is 316 g/mol. The number of benzene rings is 1. The van der Waals surface area contributed by atoms with E-state index >= 15 is 0 Å². The number of hydrogen-bond acceptors (Lipinski definition) is 2. The van der Waals surface area contributed by atoms with Gasteiger partial charge in [0, 0.05) is 42.3 Å². The highest BCUT2D eigenvalue weighted by Gasteiger charge is 2.27. The fourth-order valence-corrected chi connectivity index (χ4v) is 3.43. The van der Waals surface area contributed by atoms with Crippen molar-refractivity contribution in [2.24, 2.45) is 0 Å². The largest absolute Gasteiger partial charge is 0.339 e. The van der Waals surface area contributed by atoms with E-state index in [1.165, 1.54) is 0 Å². The van der Waals surface area contributed by atoms with Crippen molar-refractivity contribution in [1.29, 1.82) is 0 Å². The molecule has 0 aliphatic carbocycles. The summed E-state index contributed by atoms with van der Waals surface area (Å²) in [5.74, 6) is 0.157. The van der Waals surface area contributed by atoms with Gasteiger partial charge in [-0.2, -0.15) is 0 Å². The van der Waals surface area contributed by atoms with Crippen molar-refractivity contribution in [2.75, 3.05) is 26.2 Å². The van der Waals surface area contributed by atoms with Gasteiger partial charge < -0.3 is 4.90 Å². The molecule has 1 amide bonds. The number of rotatable bonds is 2. The molecular formula is C16H19BrN2O. The number of carbonyl (C=O) groups is 1. The van der Waals surface area contributed by atoms with Gasteiger partial charge in [0.15, 0.2) is 0 Å². The predicted molar refractivity (Wildman–Crippen MR) is 83.8 cm³/mol. The van der Waals surface area contributed by atoms with Gasteiger partial charge in [0.2, 0.25) is 0 Å². The van der Waals surface area contributed by atoms with Crippen molar-refractivity contribution in [2.45, 2.75) is 18.9 Å². The number of carbonyl (C=O) groups excluding carboxylic acids is 1. The van der Waals surface area contributed by atoms with Crippen LogP contribution in [0.4, 0.5) is 0 Å². The third-order valence-corrected chi connectivity index (χ3v) is 4.68. The molecule has 1 aromatic carbocycles. The van der Waals surface area contributed by atoms with Gasteiger partial charge in [0.25, 0.3) is 5.91 Å². The predicted octanol–water partition coefficient (Wildman–Crippen LogP) is 2.93. The number of amides is 1. The minimum atomic E-state index is 0.157. The Kier molecular flexibility index (Phi) is 4.22. The van der Waals surface area contributed by atoms with E-state index in [9.17, 15) is 4.79 Å². The molecule has 0 atom stereocenters. The van der Waals surface area contributed by atoms with E-state index in [1.54, 1.807) is 0 Å². The van der Waals surface area contributed by atoms with Crippen LogP contribution in [-0.4, -0.2) is 47.9 Å². The minimum absolute atomic E-state index is 0.157. The molecule has 20 heavy (non-hydrogen) atoms. The highest BCUT2D eigenvalue weighted by molar-refractivity contribution is 9.10. The van der Waals surface area contributed by atoms with Crippen molar-refractivity contribution in [3.05, 3.63) is 46.5 Å². The van der Waals surface area contributed by atoms with Crippen LogP contribution in [-0.2, 0) is 0 Å². The Morgan fingerprint density at radius 2 is 1.85 bits per heavy atom. The molecule has 4 heteroatoms. The second-order valence-corrected chi connectivity index (χ2v) is 6.37. The topological polar surface area (TPSA) is 23.6 Å². The second-order valence-electron chi connectivity index (χ2n) is 5.46. The standard InChI is InChI=1S/C16H19BrN2O/c17-14-5-3-4-13(12-14)16(20)19-10-6-15(7-11-19)18-8-1-2-9-18/h1-5,12,15H,6-11H2. The Morgan fingerprint density at radius 3 is 2.50 bits per heavy atom. The highest BCUT2D eigenvalue weighted by Crippen LogP contribution is 2.21. The molecule has 2 aliphatic rings. The molecule has 1 fully saturated rings. The van der Waals surface area contributed by atoms with E-state index in [4.69, 9.17) is 0 Å². The van der Waals surface area contributed by atoms with Crippen molar-refractivity contribution >= 4 is 21.8 Å². The van der Waals surface area contributed by atoms with Crippen LogP contribution in [0.3, 0.4) is 0 Å². The van der Waals surface area contributed by atoms with Crippen molar-refractivity contribution < 1.29 is 4.79 Å². The maximum absolute atomic E-state index is 12.5. The first kappa shape index (κ1) is 13.8. The minimum Gasteiger partial charge on any atom is -0.339 e. The molecule has 3 nitrogen and oxygen atoms in total. The summed E-state index contributed by atoms with van der Waals surface area (Å²) in [4.78, 5) is 16.9. The summed E-state index contributed by atoms with van der Waals surface area (Å²) in [6, 6.07) is 8.29. The number of piperidine rings is 1. The van der Waals surface area contributed by atoms with Crippen LogP contribution in [0.2, 0.25) is 0 Å². The molecule has 0 radical (unpaired) electrons. The van der Waals surface area contributed by atoms with Crippen LogP contribution in [0, 0.1) is 0 Å². The SMILES string of the molecule is O=C(c1cccc(Br)c1)N1CCC(N2CC=CC2)CC1. The Morgan fingerprint density at radius 1 is 1.15 bits per heavy atom. The summed E-state index contributed by atoms with van der Waals surface area (Å²) < 4.78 is 0.960. The van der Waals surface area contributed by atoms with Gasteiger partial charge in [-0.05, 0) is 31.0 Å². The molecule has 2 heterocycles. The van der Waals surface area contributed by atoms with Crippen LogP contribution in [0.25, 0.3) is 0 Å². The lowest BCUT2D eigenvalue weighted by Gasteiger charge is -2.36. The first-order valence-electron chi connectivity index (χ1n) is 7.18. The van der Waals surface area contributed by atoms with Gasteiger partial charge in [0.1, 0.15) is 0 Å². The van der Waals surface area contributed by atoms with E-state index in [2.05, 4.69) is 33.0 Å². The molecule has 1 saturated heterocycles. The van der Waals surface area contributed by atoms with Crippen LogP contribution >= 0.6 is 15.9 Å². The molecule has 0 N–H and O–H groups in total. The van der Waals surface area contributed by atoms with E-state index < -0.39 is 0 Å². The maximum atomic E-state index is 12.5. The smallest absolute Gasteiger partial charge is 0.253 e. The van der Waals surface area contributed by atoms with E-state index in [1.807, 2.05) is 29.2 Å². The molecule has 106 valence electrons. The summed E-state index contributed by atoms with van der Waals surface area (Å²) in [6.45, 7) is 3.88. The van der Waals surface area contributed by atoms with E-state index in [0.717, 1.165) is 49.1 Å². The highest BCUT2D eigenvalue weighted by atomic mass is 79.9. The van der Waals surface area contributed by atoms with E-state index in [-0.39, 0.29) is 5.91 Å². The van der Waals surface area contributed by atoms with Crippen molar-refractivity contribution in [3.8, 4) is 0 Å². The quantitative estimate of drug-likeness (QED) is 0.776. The van der Waals surface area contributed by atoms with Crippen molar-refractivity contribution in [3.63, 3.8) is 0 Å². The summed E-state index contributed by atoms with van der Waals surface area (Å²) in [7, 11) is 0. The molecule has 0 saturated carbocycles. The molecule has 2 aliphatic heterocycles. The van der Waals surface area contributed by atoms with Gasteiger partial charge in [-0.15, -0.1) is 0 Å². The lowest BCUT2D eigenvalue weighted by atomic mass is 10.0. The lowest BCUT2D eigenvalue weighted by Crippen LogP contribution is -2.46. The number of likely N-dealkylation sites (tertiary alicyclic amines) is 1. The normalized spacial score (nSPS) is 20.6. The Hall–Kier alpha value is -1.13. The zero-order chi connectivity index (χ0) is 13.9. The zero-order valence-electron chi connectivity index (χ0n) is 11.5. The number of halogens is 1. The average molecular weight is 335 g/mol. The molecule has 0 spiro atoms. The third-order valence-electron chi connectivity index (χ3n) is 4.19. The Balaban J connectivity index is 1.59. The third kappa shape index (κ3) is 2.96. The summed E-state index contributed by atoms with van der Waals surface area (Å²) in [5.41, 5.74) is 0.778. The maximum Gasteiger partial charge on any atom is 0.253 e. The second kappa shape index (κ2) is 6.10. The first-order valence-corrected chi connectivity index (χ1v) is 7.97. The van der Waals surface area contributed by atoms with Gasteiger partial charge >= 0.3 is 0 Å². The van der Waals surface area contributed by atoms with Crippen LogP contribution < -0.4 is 0 Å². The summed E-state index contributed by atoms with van der Waals surface area (Å²) >= 11 is 3.42. The molecule has 1 aromatic rings. The van der Waals surface area contributed by atoms with Crippen LogP contribution in [0.5, 0.6) is 0 Å². The van der Waals surface area contributed by atoms with Crippen LogP contribution in [0.1, 0.15) is 23.2 Å². The Labute approximate surface area is 128 Å². The molecule has 3 rings (SSSR count). The summed E-state index contributed by atoms with van der Waals surface area (Å²) in [6.07, 6.45) is 6.64. The lowest BCUT2D eigenvalue weighted by molar-refractivity contribution is 0.0649. The Bertz CT molecular complexity index is 513. The fraction of sp³-hybridized carbons (Fsp3) is 0.438. The van der Waals surface area contributed by atoms with Crippen molar-refractivity contribution in [1.82, 2.24) is 9.80 Å². The summed E-state index contributed by atoms with van der Waals surface area (Å²) in [5, 5.41) is 0. The monoisotopic (exact) mass is 334 g/mol. The van der Waals surface area contributed by atoms with E-state index in [0.29, 0.717) is 6.04 Å². The molecule has 0 unspecified atom stereocenters. The average Bonchev–Trinajstić information content (AvgIpc) is 3.01. The number of nitrogens with zero attached hydrogens (tertiary/aromatic N) is 2. The zero-order valence-corrected chi connectivity index (χ0v) is 13.1. The van der Waals surface area contributed by atoms with Gasteiger partial charge in [-0.3, -0.25) is 9.69 Å². The van der Waals surface area contributed by atoms with Gasteiger partial charge in [0.05, 0.1) is 0 Å². The number of hydrogen-bond donors (Lipinski definition) is 0.